The Bertz CT molecular complexity index is 482. The summed E-state index contributed by atoms with van der Waals surface area (Å²) in [7, 11) is -3.33. The summed E-state index contributed by atoms with van der Waals surface area (Å²) in [5.74, 6) is 0.744. The summed E-state index contributed by atoms with van der Waals surface area (Å²) >= 11 is 0. The smallest absolute Gasteiger partial charge is 0.301 e. The van der Waals surface area contributed by atoms with Crippen LogP contribution >= 0.6 is 0 Å². The third kappa shape index (κ3) is 2.70. The summed E-state index contributed by atoms with van der Waals surface area (Å²) in [6.07, 6.45) is 0.109. The average molecular weight is 256 g/mol. The van der Waals surface area contributed by atoms with E-state index in [1.165, 1.54) is 4.31 Å². The Kier molecular flexibility index (Phi) is 3.26. The summed E-state index contributed by atoms with van der Waals surface area (Å²) in [6.45, 7) is 4.81. The maximum absolute atomic E-state index is 11.6. The molecule has 0 bridgehead atoms. The van der Waals surface area contributed by atoms with Crippen molar-refractivity contribution in [3.05, 3.63) is 24.3 Å². The molecule has 1 fully saturated rings. The number of hydrogen-bond acceptors (Lipinski definition) is 3. The molecule has 1 aliphatic rings. The average Bonchev–Trinajstić information content (AvgIpc) is 2.58. The molecule has 0 radical (unpaired) electrons. The molecule has 1 aliphatic heterocycles. The Morgan fingerprint density at radius 2 is 1.94 bits per heavy atom. The first-order valence-electron chi connectivity index (χ1n) is 5.53. The van der Waals surface area contributed by atoms with Crippen molar-refractivity contribution in [3.8, 4) is 5.75 Å². The van der Waals surface area contributed by atoms with E-state index in [4.69, 9.17) is 4.74 Å². The maximum atomic E-state index is 11.6. The van der Waals surface area contributed by atoms with Gasteiger partial charge in [0.25, 0.3) is 0 Å². The molecule has 1 N–H and O–H groups in total. The molecule has 1 saturated heterocycles. The molecule has 94 valence electrons. The lowest BCUT2D eigenvalue weighted by atomic mass is 10.3. The molecule has 0 saturated carbocycles. The zero-order valence-electron chi connectivity index (χ0n) is 9.88. The highest BCUT2D eigenvalue weighted by Crippen LogP contribution is 2.23. The van der Waals surface area contributed by atoms with Crippen LogP contribution in [0.15, 0.2) is 24.3 Å². The van der Waals surface area contributed by atoms with E-state index in [0.717, 1.165) is 5.75 Å². The van der Waals surface area contributed by atoms with Gasteiger partial charge in [0.05, 0.1) is 11.8 Å². The number of benzene rings is 1. The van der Waals surface area contributed by atoms with Gasteiger partial charge in [0.2, 0.25) is 0 Å². The van der Waals surface area contributed by atoms with Crippen LogP contribution in [0.25, 0.3) is 0 Å². The highest BCUT2D eigenvalue weighted by atomic mass is 32.2. The van der Waals surface area contributed by atoms with Crippen LogP contribution in [0.5, 0.6) is 5.75 Å². The lowest BCUT2D eigenvalue weighted by Crippen LogP contribution is -2.29. The van der Waals surface area contributed by atoms with Gasteiger partial charge in [-0.25, -0.2) is 0 Å². The van der Waals surface area contributed by atoms with Gasteiger partial charge in [0.1, 0.15) is 5.75 Å². The molecular formula is C11H16N2O3S. The van der Waals surface area contributed by atoms with E-state index in [9.17, 15) is 8.42 Å². The normalized spacial score (nSPS) is 18.6. The molecule has 0 amide bonds. The lowest BCUT2D eigenvalue weighted by Gasteiger charge is -2.16. The molecule has 1 aromatic rings. The van der Waals surface area contributed by atoms with Crippen molar-refractivity contribution >= 4 is 15.9 Å². The van der Waals surface area contributed by atoms with Crippen molar-refractivity contribution in [1.29, 1.82) is 0 Å². The fourth-order valence-electron chi connectivity index (χ4n) is 1.71. The van der Waals surface area contributed by atoms with Crippen LogP contribution in [0.4, 0.5) is 5.69 Å². The highest BCUT2D eigenvalue weighted by molar-refractivity contribution is 7.91. The largest absolute Gasteiger partial charge is 0.491 e. The summed E-state index contributed by atoms with van der Waals surface area (Å²) in [5, 5.41) is 0. The fraction of sp³-hybridized carbons (Fsp3) is 0.455. The molecule has 5 nitrogen and oxygen atoms in total. The van der Waals surface area contributed by atoms with Crippen LogP contribution < -0.4 is 13.8 Å². The van der Waals surface area contributed by atoms with E-state index in [1.54, 1.807) is 24.3 Å². The Balaban J connectivity index is 2.18. The van der Waals surface area contributed by atoms with Crippen molar-refractivity contribution in [2.45, 2.75) is 20.0 Å². The number of nitrogens with one attached hydrogen (secondary N) is 1. The van der Waals surface area contributed by atoms with E-state index < -0.39 is 10.2 Å². The highest BCUT2D eigenvalue weighted by Gasteiger charge is 2.27. The minimum atomic E-state index is -3.33. The van der Waals surface area contributed by atoms with Crippen LogP contribution in [-0.4, -0.2) is 27.6 Å². The summed E-state index contributed by atoms with van der Waals surface area (Å²) in [4.78, 5) is 0. The van der Waals surface area contributed by atoms with E-state index in [-0.39, 0.29) is 6.10 Å². The molecule has 17 heavy (non-hydrogen) atoms. The first-order chi connectivity index (χ1) is 7.99. The van der Waals surface area contributed by atoms with Gasteiger partial charge in [-0.2, -0.15) is 13.1 Å². The van der Waals surface area contributed by atoms with Crippen molar-refractivity contribution < 1.29 is 13.2 Å². The summed E-state index contributed by atoms with van der Waals surface area (Å²) < 4.78 is 32.5. The van der Waals surface area contributed by atoms with Crippen molar-refractivity contribution in [1.82, 2.24) is 4.72 Å². The van der Waals surface area contributed by atoms with Crippen LogP contribution in [0, 0.1) is 0 Å². The Labute approximate surface area is 102 Å². The molecule has 2 rings (SSSR count). The van der Waals surface area contributed by atoms with E-state index in [0.29, 0.717) is 18.8 Å². The molecule has 1 aromatic carbocycles. The minimum absolute atomic E-state index is 0.109. The maximum Gasteiger partial charge on any atom is 0.301 e. The molecule has 6 heteroatoms. The molecule has 0 spiro atoms. The second-order valence-electron chi connectivity index (χ2n) is 4.13. The Morgan fingerprint density at radius 3 is 2.41 bits per heavy atom. The zero-order chi connectivity index (χ0) is 12.5. The fourth-order valence-corrected chi connectivity index (χ4v) is 2.94. The molecule has 0 unspecified atom stereocenters. The first-order valence-corrected chi connectivity index (χ1v) is 6.97. The number of nitrogens with zero attached hydrogens (tertiary/aromatic N) is 1. The summed E-state index contributed by atoms with van der Waals surface area (Å²) in [6, 6.07) is 7.07. The minimum Gasteiger partial charge on any atom is -0.491 e. The van der Waals surface area contributed by atoms with Crippen molar-refractivity contribution in [2.75, 3.05) is 17.4 Å². The van der Waals surface area contributed by atoms with Gasteiger partial charge in [0.15, 0.2) is 0 Å². The standard InChI is InChI=1S/C11H16N2O3S/c1-9(2)16-11-5-3-10(4-6-11)13-8-7-12-17(13,14)15/h3-6,9,12H,7-8H2,1-2H3. The van der Waals surface area contributed by atoms with E-state index >= 15 is 0 Å². The van der Waals surface area contributed by atoms with Crippen LogP contribution in [0.2, 0.25) is 0 Å². The second-order valence-corrected chi connectivity index (χ2v) is 5.81. The van der Waals surface area contributed by atoms with Crippen LogP contribution in [-0.2, 0) is 10.2 Å². The number of anilines is 1. The van der Waals surface area contributed by atoms with Crippen molar-refractivity contribution in [3.63, 3.8) is 0 Å². The quantitative estimate of drug-likeness (QED) is 0.882. The van der Waals surface area contributed by atoms with Crippen LogP contribution in [0.3, 0.4) is 0 Å². The van der Waals surface area contributed by atoms with Gasteiger partial charge in [0, 0.05) is 13.1 Å². The topological polar surface area (TPSA) is 58.6 Å². The third-order valence-electron chi connectivity index (χ3n) is 2.39. The van der Waals surface area contributed by atoms with E-state index in [2.05, 4.69) is 4.72 Å². The number of rotatable bonds is 3. The predicted molar refractivity (Wildman–Crippen MR) is 66.5 cm³/mol. The molecule has 0 aromatic heterocycles. The predicted octanol–water partition coefficient (Wildman–Crippen LogP) is 1.13. The summed E-state index contributed by atoms with van der Waals surface area (Å²) in [5.41, 5.74) is 0.658. The number of ether oxygens (including phenoxy) is 1. The van der Waals surface area contributed by atoms with Gasteiger partial charge in [-0.05, 0) is 38.1 Å². The van der Waals surface area contributed by atoms with Gasteiger partial charge in [-0.1, -0.05) is 0 Å². The zero-order valence-corrected chi connectivity index (χ0v) is 10.7. The van der Waals surface area contributed by atoms with Gasteiger partial charge < -0.3 is 4.74 Å². The SMILES string of the molecule is CC(C)Oc1ccc(N2CCNS2(=O)=O)cc1. The first kappa shape index (κ1) is 12.2. The van der Waals surface area contributed by atoms with Crippen LogP contribution in [0.1, 0.15) is 13.8 Å². The number of hydrogen-bond donors (Lipinski definition) is 1. The van der Waals surface area contributed by atoms with E-state index in [1.807, 2.05) is 13.8 Å². The molecular weight excluding hydrogens is 240 g/mol. The Hall–Kier alpha value is -1.27. The molecule has 0 aliphatic carbocycles. The van der Waals surface area contributed by atoms with Gasteiger partial charge in [-0.3, -0.25) is 4.31 Å². The molecule has 1 heterocycles. The third-order valence-corrected chi connectivity index (χ3v) is 3.93. The van der Waals surface area contributed by atoms with Gasteiger partial charge in [-0.15, -0.1) is 0 Å². The van der Waals surface area contributed by atoms with Crippen molar-refractivity contribution in [2.24, 2.45) is 0 Å². The van der Waals surface area contributed by atoms with Gasteiger partial charge >= 0.3 is 10.2 Å². The Morgan fingerprint density at radius 1 is 1.29 bits per heavy atom. The monoisotopic (exact) mass is 256 g/mol. The molecule has 0 atom stereocenters. The lowest BCUT2D eigenvalue weighted by molar-refractivity contribution is 0.242. The second kappa shape index (κ2) is 4.54.